The van der Waals surface area contributed by atoms with Crippen LogP contribution < -0.4 is 4.74 Å². The van der Waals surface area contributed by atoms with Crippen LogP contribution in [0, 0.1) is 0 Å². The Morgan fingerprint density at radius 3 is 2.83 bits per heavy atom. The standard InChI is InChI=1S/C16H24O2/c1-3-5-6-8-16-17-12-14-11-13(7-4-2)9-10-15(14)18-16/h9-11,16H,3-8,12H2,1-2H3. The Balaban J connectivity index is 1.93. The molecule has 1 atom stereocenters. The first-order valence-corrected chi connectivity index (χ1v) is 7.23. The molecule has 0 spiro atoms. The fraction of sp³-hybridized carbons (Fsp3) is 0.625. The van der Waals surface area contributed by atoms with E-state index in [2.05, 4.69) is 32.0 Å². The molecule has 0 aliphatic carbocycles. The van der Waals surface area contributed by atoms with Gasteiger partial charge >= 0.3 is 0 Å². The largest absolute Gasteiger partial charge is 0.465 e. The first-order chi connectivity index (χ1) is 8.83. The third-order valence-electron chi connectivity index (χ3n) is 3.39. The van der Waals surface area contributed by atoms with Crippen molar-refractivity contribution >= 4 is 0 Å². The number of benzene rings is 1. The molecule has 0 aromatic heterocycles. The number of ether oxygens (including phenoxy) is 2. The summed E-state index contributed by atoms with van der Waals surface area (Å²) in [6.45, 7) is 5.12. The molecule has 0 fully saturated rings. The van der Waals surface area contributed by atoms with E-state index in [0.29, 0.717) is 6.61 Å². The van der Waals surface area contributed by atoms with Crippen LogP contribution in [0.15, 0.2) is 18.2 Å². The van der Waals surface area contributed by atoms with Crippen molar-refractivity contribution in [1.29, 1.82) is 0 Å². The average molecular weight is 248 g/mol. The molecule has 2 nitrogen and oxygen atoms in total. The molecule has 0 N–H and O–H groups in total. The van der Waals surface area contributed by atoms with Crippen LogP contribution in [0.3, 0.4) is 0 Å². The summed E-state index contributed by atoms with van der Waals surface area (Å²) in [5, 5.41) is 0. The summed E-state index contributed by atoms with van der Waals surface area (Å²) < 4.78 is 11.7. The molecule has 0 saturated heterocycles. The van der Waals surface area contributed by atoms with Gasteiger partial charge in [-0.3, -0.25) is 0 Å². The van der Waals surface area contributed by atoms with Crippen molar-refractivity contribution in [1.82, 2.24) is 0 Å². The van der Waals surface area contributed by atoms with E-state index < -0.39 is 0 Å². The van der Waals surface area contributed by atoms with E-state index in [9.17, 15) is 0 Å². The van der Waals surface area contributed by atoms with E-state index in [-0.39, 0.29) is 6.29 Å². The highest BCUT2D eigenvalue weighted by Gasteiger charge is 2.19. The number of fused-ring (bicyclic) bond motifs is 1. The zero-order chi connectivity index (χ0) is 12.8. The summed E-state index contributed by atoms with van der Waals surface area (Å²) in [6, 6.07) is 6.51. The third kappa shape index (κ3) is 3.49. The second kappa shape index (κ2) is 6.79. The lowest BCUT2D eigenvalue weighted by atomic mass is 10.1. The van der Waals surface area contributed by atoms with Crippen molar-refractivity contribution in [2.75, 3.05) is 0 Å². The topological polar surface area (TPSA) is 18.5 Å². The normalized spacial score (nSPS) is 18.2. The van der Waals surface area contributed by atoms with Crippen LogP contribution >= 0.6 is 0 Å². The van der Waals surface area contributed by atoms with Crippen LogP contribution in [-0.4, -0.2) is 6.29 Å². The molecule has 100 valence electrons. The minimum Gasteiger partial charge on any atom is -0.465 e. The highest BCUT2D eigenvalue weighted by molar-refractivity contribution is 5.37. The van der Waals surface area contributed by atoms with Crippen molar-refractivity contribution < 1.29 is 9.47 Å². The Morgan fingerprint density at radius 2 is 2.06 bits per heavy atom. The van der Waals surface area contributed by atoms with Crippen LogP contribution in [0.25, 0.3) is 0 Å². The number of hydrogen-bond donors (Lipinski definition) is 0. The molecule has 1 aromatic rings. The molecule has 2 heteroatoms. The minimum atomic E-state index is -0.0407. The van der Waals surface area contributed by atoms with Crippen LogP contribution in [0.2, 0.25) is 0 Å². The maximum Gasteiger partial charge on any atom is 0.200 e. The summed E-state index contributed by atoms with van der Waals surface area (Å²) in [7, 11) is 0. The molecule has 1 aliphatic rings. The molecule has 0 radical (unpaired) electrons. The Bertz CT molecular complexity index is 373. The lowest BCUT2D eigenvalue weighted by molar-refractivity contribution is -0.112. The molecular weight excluding hydrogens is 224 g/mol. The van der Waals surface area contributed by atoms with Crippen LogP contribution in [-0.2, 0) is 17.8 Å². The van der Waals surface area contributed by atoms with E-state index >= 15 is 0 Å². The van der Waals surface area contributed by atoms with Crippen LogP contribution in [0.5, 0.6) is 5.75 Å². The third-order valence-corrected chi connectivity index (χ3v) is 3.39. The molecule has 1 unspecified atom stereocenters. The van der Waals surface area contributed by atoms with Crippen molar-refractivity contribution in [3.05, 3.63) is 29.3 Å². The Kier molecular flexibility index (Phi) is 5.06. The van der Waals surface area contributed by atoms with Gasteiger partial charge in [-0.05, 0) is 30.5 Å². The van der Waals surface area contributed by atoms with Crippen molar-refractivity contribution in [2.45, 2.75) is 65.3 Å². The Morgan fingerprint density at radius 1 is 1.17 bits per heavy atom. The molecule has 0 bridgehead atoms. The quantitative estimate of drug-likeness (QED) is 0.692. The fourth-order valence-electron chi connectivity index (χ4n) is 2.37. The zero-order valence-electron chi connectivity index (χ0n) is 11.6. The molecule has 1 aliphatic heterocycles. The predicted molar refractivity (Wildman–Crippen MR) is 73.8 cm³/mol. The number of unbranched alkanes of at least 4 members (excludes halogenated alkanes) is 2. The first kappa shape index (κ1) is 13.4. The Hall–Kier alpha value is -1.02. The number of aryl methyl sites for hydroxylation is 1. The summed E-state index contributed by atoms with van der Waals surface area (Å²) in [5.74, 6) is 1.02. The van der Waals surface area contributed by atoms with Gasteiger partial charge in [-0.25, -0.2) is 0 Å². The summed E-state index contributed by atoms with van der Waals surface area (Å²) in [6.07, 6.45) is 6.96. The molecule has 0 amide bonds. The van der Waals surface area contributed by atoms with Crippen LogP contribution in [0.1, 0.15) is 57.1 Å². The van der Waals surface area contributed by atoms with Crippen LogP contribution in [0.4, 0.5) is 0 Å². The monoisotopic (exact) mass is 248 g/mol. The average Bonchev–Trinajstić information content (AvgIpc) is 2.39. The van der Waals surface area contributed by atoms with Gasteiger partial charge in [0, 0.05) is 12.0 Å². The van der Waals surface area contributed by atoms with Gasteiger partial charge in [-0.2, -0.15) is 0 Å². The van der Waals surface area contributed by atoms with Gasteiger partial charge in [0.05, 0.1) is 6.61 Å². The molecule has 1 aromatic carbocycles. The smallest absolute Gasteiger partial charge is 0.200 e. The van der Waals surface area contributed by atoms with Crippen molar-refractivity contribution in [3.8, 4) is 5.75 Å². The minimum absolute atomic E-state index is 0.0407. The van der Waals surface area contributed by atoms with Gasteiger partial charge in [-0.1, -0.05) is 39.2 Å². The van der Waals surface area contributed by atoms with E-state index in [1.807, 2.05) is 0 Å². The molecule has 18 heavy (non-hydrogen) atoms. The second-order valence-corrected chi connectivity index (χ2v) is 5.05. The van der Waals surface area contributed by atoms with E-state index in [1.165, 1.54) is 36.8 Å². The van der Waals surface area contributed by atoms with Crippen molar-refractivity contribution in [2.24, 2.45) is 0 Å². The molecule has 1 heterocycles. The van der Waals surface area contributed by atoms with Gasteiger partial charge in [0.15, 0.2) is 6.29 Å². The van der Waals surface area contributed by atoms with E-state index in [4.69, 9.17) is 9.47 Å². The lowest BCUT2D eigenvalue weighted by Gasteiger charge is -2.26. The maximum absolute atomic E-state index is 5.89. The fourth-order valence-corrected chi connectivity index (χ4v) is 2.37. The summed E-state index contributed by atoms with van der Waals surface area (Å²) in [4.78, 5) is 0. The van der Waals surface area contributed by atoms with E-state index in [1.54, 1.807) is 0 Å². The second-order valence-electron chi connectivity index (χ2n) is 5.05. The molecule has 2 rings (SSSR count). The summed E-state index contributed by atoms with van der Waals surface area (Å²) in [5.41, 5.74) is 2.58. The highest BCUT2D eigenvalue weighted by Crippen LogP contribution is 2.29. The van der Waals surface area contributed by atoms with Gasteiger partial charge < -0.3 is 9.47 Å². The van der Waals surface area contributed by atoms with Gasteiger partial charge in [0.2, 0.25) is 0 Å². The summed E-state index contributed by atoms with van der Waals surface area (Å²) >= 11 is 0. The zero-order valence-corrected chi connectivity index (χ0v) is 11.6. The number of rotatable bonds is 6. The Labute approximate surface area is 110 Å². The first-order valence-electron chi connectivity index (χ1n) is 7.23. The van der Waals surface area contributed by atoms with Gasteiger partial charge in [0.25, 0.3) is 0 Å². The van der Waals surface area contributed by atoms with Gasteiger partial charge in [-0.15, -0.1) is 0 Å². The SMILES string of the molecule is CCCCCC1OCc2cc(CCC)ccc2O1. The molecular formula is C16H24O2. The van der Waals surface area contributed by atoms with Crippen molar-refractivity contribution in [3.63, 3.8) is 0 Å². The number of hydrogen-bond acceptors (Lipinski definition) is 2. The molecule has 0 saturated carbocycles. The highest BCUT2D eigenvalue weighted by atomic mass is 16.7. The maximum atomic E-state index is 5.89. The predicted octanol–water partition coefficient (Wildman–Crippen LogP) is 4.45. The van der Waals surface area contributed by atoms with Gasteiger partial charge in [0.1, 0.15) is 5.75 Å². The lowest BCUT2D eigenvalue weighted by Crippen LogP contribution is -2.25. The van der Waals surface area contributed by atoms with E-state index in [0.717, 1.165) is 18.6 Å².